The van der Waals surface area contributed by atoms with Crippen LogP contribution in [0.3, 0.4) is 0 Å². The molecule has 0 fully saturated rings. The van der Waals surface area contributed by atoms with Crippen molar-refractivity contribution in [3.8, 4) is 5.69 Å². The molecular formula is C21H18N3O3S+. The Balaban J connectivity index is 1.52. The molecule has 4 rings (SSSR count). The van der Waals surface area contributed by atoms with E-state index in [9.17, 15) is 9.59 Å². The first-order chi connectivity index (χ1) is 13.6. The number of carbonyl (C=O) groups excluding carboxylic acids is 1. The molecule has 0 aliphatic heterocycles. The first-order valence-corrected chi connectivity index (χ1v) is 9.65. The van der Waals surface area contributed by atoms with E-state index in [1.165, 1.54) is 4.68 Å². The SMILES string of the molecule is CC(Sc1c(=O)o[nH][n+]1-c1ccccc1)C(=O)Nc1ccc2ccccc2c1. The topological polar surface area (TPSA) is 79.0 Å². The lowest BCUT2D eigenvalue weighted by Crippen LogP contribution is -2.37. The molecule has 1 amide bonds. The van der Waals surface area contributed by atoms with Crippen molar-refractivity contribution in [2.24, 2.45) is 0 Å². The predicted molar refractivity (Wildman–Crippen MR) is 109 cm³/mol. The van der Waals surface area contributed by atoms with E-state index in [2.05, 4.69) is 10.6 Å². The smallest absolute Gasteiger partial charge is 0.325 e. The molecule has 28 heavy (non-hydrogen) atoms. The second-order valence-electron chi connectivity index (χ2n) is 6.27. The number of nitrogens with zero attached hydrogens (tertiary/aromatic N) is 1. The highest BCUT2D eigenvalue weighted by Gasteiger charge is 2.28. The van der Waals surface area contributed by atoms with Gasteiger partial charge >= 0.3 is 10.7 Å². The number of nitrogens with one attached hydrogen (secondary N) is 2. The van der Waals surface area contributed by atoms with Crippen molar-refractivity contribution < 1.29 is 14.0 Å². The molecule has 0 aliphatic carbocycles. The maximum Gasteiger partial charge on any atom is 0.442 e. The molecule has 0 spiro atoms. The largest absolute Gasteiger partial charge is 0.442 e. The molecular weight excluding hydrogens is 374 g/mol. The molecule has 1 heterocycles. The van der Waals surface area contributed by atoms with Crippen LogP contribution in [-0.4, -0.2) is 16.4 Å². The van der Waals surface area contributed by atoms with Gasteiger partial charge in [-0.05, 0) is 51.5 Å². The minimum absolute atomic E-state index is 0.194. The normalized spacial score (nSPS) is 12.0. The second-order valence-corrected chi connectivity index (χ2v) is 7.60. The van der Waals surface area contributed by atoms with Crippen molar-refractivity contribution in [3.63, 3.8) is 0 Å². The van der Waals surface area contributed by atoms with Gasteiger partial charge in [0.05, 0.1) is 5.25 Å². The van der Waals surface area contributed by atoms with E-state index in [0.717, 1.165) is 28.2 Å². The fraction of sp³-hybridized carbons (Fsp3) is 0.0952. The minimum atomic E-state index is -0.515. The summed E-state index contributed by atoms with van der Waals surface area (Å²) in [4.78, 5) is 24.8. The Labute approximate surface area is 165 Å². The third-order valence-corrected chi connectivity index (χ3v) is 5.44. The zero-order valence-corrected chi connectivity index (χ0v) is 15.9. The van der Waals surface area contributed by atoms with Gasteiger partial charge in [0, 0.05) is 17.8 Å². The Hall–Kier alpha value is -3.32. The summed E-state index contributed by atoms with van der Waals surface area (Å²) in [7, 11) is 0. The van der Waals surface area contributed by atoms with Gasteiger partial charge in [-0.2, -0.15) is 0 Å². The molecule has 0 aliphatic rings. The molecule has 1 atom stereocenters. The van der Waals surface area contributed by atoms with E-state index in [0.29, 0.717) is 10.7 Å². The van der Waals surface area contributed by atoms with E-state index in [-0.39, 0.29) is 5.91 Å². The maximum absolute atomic E-state index is 12.6. The predicted octanol–water partition coefficient (Wildman–Crippen LogP) is 3.52. The van der Waals surface area contributed by atoms with Crippen LogP contribution in [0.15, 0.2) is 87.1 Å². The molecule has 1 aromatic heterocycles. The number of hydrogen-bond acceptors (Lipinski definition) is 4. The number of carbonyl (C=O) groups is 1. The summed E-state index contributed by atoms with van der Waals surface area (Å²) < 4.78 is 6.46. The maximum atomic E-state index is 12.6. The van der Waals surface area contributed by atoms with Crippen LogP contribution in [0, 0.1) is 0 Å². The number of amides is 1. The van der Waals surface area contributed by atoms with E-state index < -0.39 is 10.9 Å². The zero-order valence-electron chi connectivity index (χ0n) is 15.1. The van der Waals surface area contributed by atoms with Crippen LogP contribution in [-0.2, 0) is 4.79 Å². The number of rotatable bonds is 5. The van der Waals surface area contributed by atoms with E-state index >= 15 is 0 Å². The van der Waals surface area contributed by atoms with Crippen LogP contribution < -0.4 is 15.6 Å². The molecule has 3 aromatic carbocycles. The highest BCUT2D eigenvalue weighted by molar-refractivity contribution is 8.00. The molecule has 0 radical (unpaired) electrons. The van der Waals surface area contributed by atoms with Gasteiger partial charge < -0.3 is 5.32 Å². The fourth-order valence-corrected chi connectivity index (χ4v) is 3.73. The van der Waals surface area contributed by atoms with Crippen LogP contribution in [0.5, 0.6) is 0 Å². The van der Waals surface area contributed by atoms with E-state index in [1.807, 2.05) is 72.8 Å². The molecule has 0 saturated carbocycles. The van der Waals surface area contributed by atoms with Gasteiger partial charge in [0.25, 0.3) is 0 Å². The standard InChI is InChI=1S/C21H17N3O3S/c1-14(19(25)22-17-12-11-15-7-5-6-8-16(15)13-17)28-20-21(26)27-23-24(20)18-9-3-2-4-10-18/h2-14H,1H3,(H-,22,23,25,26)/p+1. The average Bonchev–Trinajstić information content (AvgIpc) is 3.08. The summed E-state index contributed by atoms with van der Waals surface area (Å²) in [6, 6.07) is 23.0. The van der Waals surface area contributed by atoms with Crippen LogP contribution in [0.25, 0.3) is 16.5 Å². The quantitative estimate of drug-likeness (QED) is 0.402. The first-order valence-electron chi connectivity index (χ1n) is 8.77. The number of aromatic nitrogens is 2. The number of fused-ring (bicyclic) bond motifs is 1. The second kappa shape index (κ2) is 7.74. The summed E-state index contributed by atoms with van der Waals surface area (Å²) in [5.41, 5.74) is 0.949. The number of para-hydroxylation sites is 1. The Bertz CT molecular complexity index is 1180. The molecule has 2 N–H and O–H groups in total. The summed E-state index contributed by atoms with van der Waals surface area (Å²) in [5.74, 6) is -0.194. The number of H-pyrrole nitrogens is 1. The molecule has 7 heteroatoms. The van der Waals surface area contributed by atoms with Gasteiger partial charge in [-0.3, -0.25) is 9.32 Å². The van der Waals surface area contributed by atoms with Crippen LogP contribution >= 0.6 is 11.8 Å². The summed E-state index contributed by atoms with van der Waals surface area (Å²) in [6.07, 6.45) is 0. The minimum Gasteiger partial charge on any atom is -0.325 e. The average molecular weight is 392 g/mol. The van der Waals surface area contributed by atoms with Gasteiger partial charge in [-0.25, -0.2) is 4.79 Å². The molecule has 0 bridgehead atoms. The van der Waals surface area contributed by atoms with Crippen LogP contribution in [0.2, 0.25) is 0 Å². The van der Waals surface area contributed by atoms with E-state index in [4.69, 9.17) is 4.52 Å². The number of thioether (sulfide) groups is 1. The highest BCUT2D eigenvalue weighted by Crippen LogP contribution is 2.22. The van der Waals surface area contributed by atoms with Crippen molar-refractivity contribution in [1.82, 2.24) is 5.27 Å². The van der Waals surface area contributed by atoms with Gasteiger partial charge in [-0.15, -0.1) is 0 Å². The Kier molecular flexibility index (Phi) is 4.99. The first kappa shape index (κ1) is 18.1. The summed E-state index contributed by atoms with van der Waals surface area (Å²) in [6.45, 7) is 1.75. The molecule has 140 valence electrons. The lowest BCUT2D eigenvalue weighted by atomic mass is 10.1. The Morgan fingerprint density at radius 1 is 1.04 bits per heavy atom. The van der Waals surface area contributed by atoms with E-state index in [1.54, 1.807) is 6.92 Å². The van der Waals surface area contributed by atoms with Crippen molar-refractivity contribution in [2.45, 2.75) is 17.2 Å². The summed E-state index contributed by atoms with van der Waals surface area (Å²) in [5, 5.41) is 7.46. The number of aromatic amines is 1. The highest BCUT2D eigenvalue weighted by atomic mass is 32.2. The third kappa shape index (κ3) is 3.70. The van der Waals surface area contributed by atoms with Crippen LogP contribution in [0.4, 0.5) is 5.69 Å². The van der Waals surface area contributed by atoms with Gasteiger partial charge in [0.2, 0.25) is 11.6 Å². The monoisotopic (exact) mass is 392 g/mol. The van der Waals surface area contributed by atoms with Crippen LogP contribution in [0.1, 0.15) is 6.92 Å². The fourth-order valence-electron chi connectivity index (χ4n) is 2.84. The third-order valence-electron chi connectivity index (χ3n) is 4.30. The summed E-state index contributed by atoms with van der Waals surface area (Å²) >= 11 is 1.14. The lowest BCUT2D eigenvalue weighted by molar-refractivity contribution is -0.704. The Morgan fingerprint density at radius 3 is 2.54 bits per heavy atom. The van der Waals surface area contributed by atoms with Crippen molar-refractivity contribution in [2.75, 3.05) is 5.32 Å². The number of benzene rings is 3. The van der Waals surface area contributed by atoms with Gasteiger partial charge in [-0.1, -0.05) is 48.5 Å². The number of anilines is 1. The molecule has 0 saturated heterocycles. The number of hydrogen-bond donors (Lipinski definition) is 2. The lowest BCUT2D eigenvalue weighted by Gasteiger charge is -2.10. The van der Waals surface area contributed by atoms with Crippen molar-refractivity contribution in [1.29, 1.82) is 0 Å². The van der Waals surface area contributed by atoms with Crippen molar-refractivity contribution >= 4 is 34.1 Å². The van der Waals surface area contributed by atoms with Crippen molar-refractivity contribution in [3.05, 3.63) is 83.2 Å². The molecule has 6 nitrogen and oxygen atoms in total. The molecule has 4 aromatic rings. The van der Waals surface area contributed by atoms with Gasteiger partial charge in [0.15, 0.2) is 0 Å². The molecule has 1 unspecified atom stereocenters. The zero-order chi connectivity index (χ0) is 19.5. The van der Waals surface area contributed by atoms with Gasteiger partial charge in [0.1, 0.15) is 0 Å². The Morgan fingerprint density at radius 2 is 1.75 bits per heavy atom.